The average Bonchev–Trinajstić information content (AvgIpc) is 3.33. The lowest BCUT2D eigenvalue weighted by Gasteiger charge is -2.09. The second-order valence-corrected chi connectivity index (χ2v) is 7.98. The van der Waals surface area contributed by atoms with E-state index in [0.717, 1.165) is 23.4 Å². The molecule has 196 valence electrons. The van der Waals surface area contributed by atoms with Crippen LogP contribution in [0, 0.1) is 0 Å². The van der Waals surface area contributed by atoms with Gasteiger partial charge < -0.3 is 10.6 Å². The van der Waals surface area contributed by atoms with Crippen LogP contribution in [0.3, 0.4) is 0 Å². The van der Waals surface area contributed by atoms with Gasteiger partial charge in [0.15, 0.2) is 5.82 Å². The van der Waals surface area contributed by atoms with Gasteiger partial charge in [-0.3, -0.25) is 10.1 Å². The fraction of sp³-hybridized carbons (Fsp3) is 0.143. The molecule has 3 aromatic rings. The van der Waals surface area contributed by atoms with Crippen molar-refractivity contribution in [3.63, 3.8) is 0 Å². The molecule has 3 rings (SSSR count). The normalized spacial score (nSPS) is 13.3. The molecule has 0 bridgehead atoms. The van der Waals surface area contributed by atoms with Gasteiger partial charge in [-0.05, 0) is 67.5 Å². The molecule has 0 saturated carbocycles. The van der Waals surface area contributed by atoms with E-state index in [9.17, 15) is 13.2 Å². The Morgan fingerprint density at radius 1 is 1.11 bits per heavy atom. The van der Waals surface area contributed by atoms with Crippen LogP contribution < -0.4 is 10.6 Å². The van der Waals surface area contributed by atoms with Crippen molar-refractivity contribution in [3.8, 4) is 0 Å². The Hall–Kier alpha value is -4.73. The monoisotopic (exact) mass is 519 g/mol. The van der Waals surface area contributed by atoms with Gasteiger partial charge in [-0.1, -0.05) is 36.9 Å². The standard InChI is InChI=1S/C28H28F3N7/c1-4-7-24-18-26(38-37-24)36-27(35-25(8-5-2)33-19-22-13-15-32-16-14-22)34-20(3)11-12-21-9-6-10-23(17-21)28(29,30)31/h4-18,33H,2,19H2,1,3H3,(H2,35,36,37,38)/b7-4+,12-11+,25-8+,34-20+. The molecule has 10 heteroatoms. The molecular weight excluding hydrogens is 491 g/mol. The quantitative estimate of drug-likeness (QED) is 0.168. The molecule has 0 radical (unpaired) electrons. The predicted molar refractivity (Wildman–Crippen MR) is 147 cm³/mol. The zero-order valence-electron chi connectivity index (χ0n) is 21.0. The number of nitrogens with one attached hydrogen (secondary N) is 3. The van der Waals surface area contributed by atoms with Gasteiger partial charge in [0.25, 0.3) is 0 Å². The number of halogens is 3. The van der Waals surface area contributed by atoms with Crippen molar-refractivity contribution >= 4 is 29.6 Å². The number of benzene rings is 1. The number of hydrogen-bond acceptors (Lipinski definition) is 4. The smallest absolute Gasteiger partial charge is 0.366 e. The van der Waals surface area contributed by atoms with Crippen LogP contribution in [0.1, 0.15) is 36.2 Å². The van der Waals surface area contributed by atoms with Crippen molar-refractivity contribution in [1.82, 2.24) is 20.5 Å². The maximum Gasteiger partial charge on any atom is 0.416 e. The highest BCUT2D eigenvalue weighted by molar-refractivity contribution is 6.07. The molecule has 7 nitrogen and oxygen atoms in total. The van der Waals surface area contributed by atoms with E-state index >= 15 is 0 Å². The fourth-order valence-electron chi connectivity index (χ4n) is 3.16. The molecule has 1 aromatic carbocycles. The highest BCUT2D eigenvalue weighted by atomic mass is 19.4. The summed E-state index contributed by atoms with van der Waals surface area (Å²) in [6.45, 7) is 7.86. The topological polar surface area (TPSA) is 90.4 Å². The number of rotatable bonds is 9. The van der Waals surface area contributed by atoms with Crippen molar-refractivity contribution in [2.24, 2.45) is 9.98 Å². The zero-order chi connectivity index (χ0) is 27.4. The summed E-state index contributed by atoms with van der Waals surface area (Å²) in [5.74, 6) is 1.19. The summed E-state index contributed by atoms with van der Waals surface area (Å²) in [4.78, 5) is 13.2. The van der Waals surface area contributed by atoms with Gasteiger partial charge in [0.1, 0.15) is 5.82 Å². The summed E-state index contributed by atoms with van der Waals surface area (Å²) in [6, 6.07) is 10.6. The summed E-state index contributed by atoms with van der Waals surface area (Å²) in [7, 11) is 0. The van der Waals surface area contributed by atoms with Gasteiger partial charge in [0, 0.05) is 30.7 Å². The van der Waals surface area contributed by atoms with Crippen LogP contribution in [0.4, 0.5) is 19.0 Å². The third kappa shape index (κ3) is 9.05. The first-order valence-corrected chi connectivity index (χ1v) is 11.7. The first-order valence-electron chi connectivity index (χ1n) is 11.7. The molecule has 0 amide bonds. The van der Waals surface area contributed by atoms with Crippen LogP contribution in [0.15, 0.2) is 102 Å². The van der Waals surface area contributed by atoms with Crippen LogP contribution in [-0.2, 0) is 12.7 Å². The number of H-pyrrole nitrogens is 1. The van der Waals surface area contributed by atoms with Crippen LogP contribution in [0.2, 0.25) is 0 Å². The van der Waals surface area contributed by atoms with Gasteiger partial charge in [-0.25, -0.2) is 4.99 Å². The zero-order valence-corrected chi connectivity index (χ0v) is 21.0. The number of nitrogens with zero attached hydrogens (tertiary/aromatic N) is 4. The third-order valence-electron chi connectivity index (χ3n) is 4.92. The predicted octanol–water partition coefficient (Wildman–Crippen LogP) is 6.62. The summed E-state index contributed by atoms with van der Waals surface area (Å²) < 4.78 is 39.1. The average molecular weight is 520 g/mol. The Morgan fingerprint density at radius 3 is 2.61 bits per heavy atom. The van der Waals surface area contributed by atoms with E-state index in [2.05, 4.69) is 42.4 Å². The third-order valence-corrected chi connectivity index (χ3v) is 4.92. The number of anilines is 1. The van der Waals surface area contributed by atoms with Crippen molar-refractivity contribution in [1.29, 1.82) is 0 Å². The van der Waals surface area contributed by atoms with E-state index in [4.69, 9.17) is 0 Å². The lowest BCUT2D eigenvalue weighted by atomic mass is 10.1. The number of guanidine groups is 1. The van der Waals surface area contributed by atoms with Gasteiger partial charge in [-0.15, -0.1) is 0 Å². The van der Waals surface area contributed by atoms with Gasteiger partial charge >= 0.3 is 6.18 Å². The summed E-state index contributed by atoms with van der Waals surface area (Å²) in [5.41, 5.74) is 1.98. The number of alkyl halides is 3. The second-order valence-electron chi connectivity index (χ2n) is 7.98. The fourth-order valence-corrected chi connectivity index (χ4v) is 3.16. The molecule has 38 heavy (non-hydrogen) atoms. The maximum absolute atomic E-state index is 13.0. The molecule has 2 aromatic heterocycles. The Bertz CT molecular complexity index is 1360. The molecule has 0 aliphatic rings. The Balaban J connectivity index is 1.88. The number of pyridine rings is 1. The van der Waals surface area contributed by atoms with E-state index < -0.39 is 11.7 Å². The van der Waals surface area contributed by atoms with E-state index in [1.807, 2.05) is 31.2 Å². The molecular formula is C28H28F3N7. The van der Waals surface area contributed by atoms with E-state index in [-0.39, 0.29) is 5.96 Å². The Morgan fingerprint density at radius 2 is 1.89 bits per heavy atom. The highest BCUT2D eigenvalue weighted by Gasteiger charge is 2.30. The Kier molecular flexibility index (Phi) is 9.93. The van der Waals surface area contributed by atoms with Crippen molar-refractivity contribution in [3.05, 3.63) is 114 Å². The Labute approximate surface area is 219 Å². The number of allylic oxidation sites excluding steroid dienone is 4. The second kappa shape index (κ2) is 13.5. The number of hydrogen-bond donors (Lipinski definition) is 3. The molecule has 0 unspecified atom stereocenters. The molecule has 0 aliphatic heterocycles. The molecule has 0 aliphatic carbocycles. The molecule has 0 atom stereocenters. The van der Waals surface area contributed by atoms with Crippen LogP contribution in [0.5, 0.6) is 0 Å². The number of aromatic nitrogens is 3. The lowest BCUT2D eigenvalue weighted by molar-refractivity contribution is -0.137. The van der Waals surface area contributed by atoms with Crippen LogP contribution in [0.25, 0.3) is 12.2 Å². The van der Waals surface area contributed by atoms with Crippen molar-refractivity contribution in [2.75, 3.05) is 5.32 Å². The van der Waals surface area contributed by atoms with Crippen molar-refractivity contribution < 1.29 is 13.2 Å². The van der Waals surface area contributed by atoms with E-state index in [1.165, 1.54) is 6.07 Å². The molecule has 0 spiro atoms. The minimum atomic E-state index is -4.41. The molecule has 0 fully saturated rings. The number of aromatic amines is 1. The van der Waals surface area contributed by atoms with Gasteiger partial charge in [0.2, 0.25) is 5.96 Å². The van der Waals surface area contributed by atoms with E-state index in [1.54, 1.807) is 55.8 Å². The summed E-state index contributed by atoms with van der Waals surface area (Å²) in [6.07, 6.45) is 9.20. The summed E-state index contributed by atoms with van der Waals surface area (Å²) >= 11 is 0. The summed E-state index contributed by atoms with van der Waals surface area (Å²) in [5, 5.41) is 13.4. The van der Waals surface area contributed by atoms with Crippen LogP contribution >= 0.6 is 0 Å². The molecule has 0 saturated heterocycles. The largest absolute Gasteiger partial charge is 0.416 e. The highest BCUT2D eigenvalue weighted by Crippen LogP contribution is 2.29. The lowest BCUT2D eigenvalue weighted by Crippen LogP contribution is -2.17. The molecule has 2 heterocycles. The minimum absolute atomic E-state index is 0.213. The van der Waals surface area contributed by atoms with Gasteiger partial charge in [-0.2, -0.15) is 23.3 Å². The van der Waals surface area contributed by atoms with E-state index in [0.29, 0.717) is 29.5 Å². The maximum atomic E-state index is 13.0. The molecule has 3 N–H and O–H groups in total. The first-order chi connectivity index (χ1) is 18.3. The minimum Gasteiger partial charge on any atom is -0.366 e. The SMILES string of the molecule is C=C/C=C(/N=C(\N=C(C)\C=C\c1cccc(C(F)(F)F)c1)Nc1cc(/C=C/C)[nH]n1)NCc1ccncc1. The van der Waals surface area contributed by atoms with Crippen LogP contribution in [-0.4, -0.2) is 26.9 Å². The van der Waals surface area contributed by atoms with Gasteiger partial charge in [0.05, 0.1) is 11.3 Å². The first kappa shape index (κ1) is 27.9. The van der Waals surface area contributed by atoms with Crippen molar-refractivity contribution in [2.45, 2.75) is 26.6 Å². The number of aliphatic imine (C=N–C) groups is 2.